The fraction of sp³-hybridized carbons (Fsp3) is 0.211. The molecule has 0 unspecified atom stereocenters. The van der Waals surface area contributed by atoms with Crippen molar-refractivity contribution in [2.24, 2.45) is 5.41 Å². The second-order valence-electron chi connectivity index (χ2n) is 6.00. The minimum Gasteiger partial charge on any atom is -0.495 e. The van der Waals surface area contributed by atoms with E-state index >= 15 is 0 Å². The molecule has 0 atom stereocenters. The number of halogens is 1. The van der Waals surface area contributed by atoms with Crippen molar-refractivity contribution in [3.05, 3.63) is 53.1 Å². The summed E-state index contributed by atoms with van der Waals surface area (Å²) in [7, 11) is 1.50. The number of carbonyl (C=O) groups excluding carboxylic acids is 2. The smallest absolute Gasteiger partial charge is 0.240 e. The average molecular weight is 370 g/mol. The first kappa shape index (κ1) is 17.8. The molecule has 1 saturated carbocycles. The molecule has 1 aliphatic carbocycles. The first-order valence-electron chi connectivity index (χ1n) is 7.96. The molecule has 26 heavy (non-hydrogen) atoms. The number of hydrogen-bond donors (Lipinski definition) is 2. The molecular formula is C19H16ClN3O3. The minimum absolute atomic E-state index is 0.346. The van der Waals surface area contributed by atoms with E-state index < -0.39 is 17.2 Å². The van der Waals surface area contributed by atoms with E-state index in [4.69, 9.17) is 21.6 Å². The third-order valence-electron chi connectivity index (χ3n) is 4.32. The minimum atomic E-state index is -1.13. The molecule has 0 radical (unpaired) electrons. The first-order chi connectivity index (χ1) is 12.5. The number of nitriles is 1. The Labute approximate surface area is 155 Å². The monoisotopic (exact) mass is 369 g/mol. The second kappa shape index (κ2) is 7.06. The number of benzene rings is 2. The summed E-state index contributed by atoms with van der Waals surface area (Å²) in [6.07, 6.45) is 0.895. The Hall–Kier alpha value is -3.04. The Bertz CT molecular complexity index is 916. The zero-order chi connectivity index (χ0) is 18.7. The van der Waals surface area contributed by atoms with Gasteiger partial charge in [0.1, 0.15) is 17.2 Å². The number of methoxy groups -OCH3 is 1. The van der Waals surface area contributed by atoms with Gasteiger partial charge in [-0.05, 0) is 43.2 Å². The Morgan fingerprint density at radius 3 is 2.46 bits per heavy atom. The van der Waals surface area contributed by atoms with Crippen LogP contribution in [0.1, 0.15) is 18.4 Å². The van der Waals surface area contributed by atoms with Crippen LogP contribution in [0.25, 0.3) is 0 Å². The molecular weight excluding hydrogens is 354 g/mol. The fourth-order valence-corrected chi connectivity index (χ4v) is 2.87. The van der Waals surface area contributed by atoms with Gasteiger partial charge < -0.3 is 15.4 Å². The van der Waals surface area contributed by atoms with Gasteiger partial charge in [-0.1, -0.05) is 23.7 Å². The van der Waals surface area contributed by atoms with Gasteiger partial charge in [-0.25, -0.2) is 0 Å². The van der Waals surface area contributed by atoms with E-state index in [0.717, 1.165) is 0 Å². The maximum absolute atomic E-state index is 12.6. The molecule has 2 N–H and O–H groups in total. The van der Waals surface area contributed by atoms with Crippen LogP contribution in [0.4, 0.5) is 11.4 Å². The predicted octanol–water partition coefficient (Wildman–Crippen LogP) is 3.58. The number of anilines is 2. The van der Waals surface area contributed by atoms with E-state index in [2.05, 4.69) is 10.6 Å². The van der Waals surface area contributed by atoms with Crippen LogP contribution in [0, 0.1) is 16.7 Å². The summed E-state index contributed by atoms with van der Waals surface area (Å²) < 4.78 is 5.08. The highest BCUT2D eigenvalue weighted by Gasteiger charge is 2.56. The Kier molecular flexibility index (Phi) is 4.83. The van der Waals surface area contributed by atoms with Crippen LogP contribution in [-0.2, 0) is 9.59 Å². The zero-order valence-corrected chi connectivity index (χ0v) is 14.8. The summed E-state index contributed by atoms with van der Waals surface area (Å²) in [5, 5.41) is 14.9. The number of amides is 2. The molecule has 2 aromatic rings. The summed E-state index contributed by atoms with van der Waals surface area (Å²) >= 11 is 6.06. The van der Waals surface area contributed by atoms with Crippen LogP contribution in [0.15, 0.2) is 42.5 Å². The van der Waals surface area contributed by atoms with Gasteiger partial charge in [-0.2, -0.15) is 5.26 Å². The van der Waals surface area contributed by atoms with Crippen LogP contribution in [0.2, 0.25) is 5.02 Å². The molecule has 2 amide bonds. The lowest BCUT2D eigenvalue weighted by molar-refractivity contribution is -0.131. The van der Waals surface area contributed by atoms with Gasteiger partial charge in [-0.15, -0.1) is 0 Å². The normalized spacial score (nSPS) is 14.0. The standard InChI is InChI=1S/C19H16ClN3O3/c1-26-16-7-6-13(10-14(16)20)22-17(24)19(8-9-19)18(25)23-15-5-3-2-4-12(15)11-21/h2-7,10H,8-9H2,1H3,(H,22,24)(H,23,25). The molecule has 0 aliphatic heterocycles. The number of nitrogens with zero attached hydrogens (tertiary/aromatic N) is 1. The molecule has 1 fully saturated rings. The van der Waals surface area contributed by atoms with Crippen molar-refractivity contribution in [1.82, 2.24) is 0 Å². The van der Waals surface area contributed by atoms with E-state index in [-0.39, 0.29) is 0 Å². The van der Waals surface area contributed by atoms with E-state index in [1.807, 2.05) is 6.07 Å². The predicted molar refractivity (Wildman–Crippen MR) is 98.1 cm³/mol. The molecule has 1 aliphatic rings. The van der Waals surface area contributed by atoms with Crippen molar-refractivity contribution in [1.29, 1.82) is 5.26 Å². The molecule has 0 bridgehead atoms. The zero-order valence-electron chi connectivity index (χ0n) is 14.0. The highest BCUT2D eigenvalue weighted by atomic mass is 35.5. The van der Waals surface area contributed by atoms with Crippen LogP contribution in [-0.4, -0.2) is 18.9 Å². The molecule has 7 heteroatoms. The van der Waals surface area contributed by atoms with Crippen molar-refractivity contribution in [3.63, 3.8) is 0 Å². The summed E-state index contributed by atoms with van der Waals surface area (Å²) in [5.41, 5.74) is 0.0949. The second-order valence-corrected chi connectivity index (χ2v) is 6.40. The molecule has 0 spiro atoms. The topological polar surface area (TPSA) is 91.2 Å². The third-order valence-corrected chi connectivity index (χ3v) is 4.62. The summed E-state index contributed by atoms with van der Waals surface area (Å²) in [6.45, 7) is 0. The lowest BCUT2D eigenvalue weighted by atomic mass is 10.0. The van der Waals surface area contributed by atoms with Gasteiger partial charge >= 0.3 is 0 Å². The summed E-state index contributed by atoms with van der Waals surface area (Å²) in [4.78, 5) is 25.3. The molecule has 0 aromatic heterocycles. The van der Waals surface area contributed by atoms with Gasteiger partial charge in [0.2, 0.25) is 11.8 Å². The van der Waals surface area contributed by atoms with Crippen LogP contribution in [0.3, 0.4) is 0 Å². The molecule has 0 saturated heterocycles. The lowest BCUT2D eigenvalue weighted by Crippen LogP contribution is -2.35. The number of hydrogen-bond acceptors (Lipinski definition) is 4. The number of para-hydroxylation sites is 1. The lowest BCUT2D eigenvalue weighted by Gasteiger charge is -2.16. The highest BCUT2D eigenvalue weighted by Crippen LogP contribution is 2.47. The maximum atomic E-state index is 12.6. The Morgan fingerprint density at radius 2 is 1.85 bits per heavy atom. The molecule has 132 valence electrons. The Balaban J connectivity index is 1.74. The largest absolute Gasteiger partial charge is 0.495 e. The van der Waals surface area contributed by atoms with Crippen molar-refractivity contribution in [2.75, 3.05) is 17.7 Å². The quantitative estimate of drug-likeness (QED) is 0.788. The average Bonchev–Trinajstić information content (AvgIpc) is 3.44. The van der Waals surface area contributed by atoms with Crippen LogP contribution >= 0.6 is 11.6 Å². The molecule has 2 aromatic carbocycles. The van der Waals surface area contributed by atoms with Crippen LogP contribution < -0.4 is 15.4 Å². The van der Waals surface area contributed by atoms with Gasteiger partial charge in [0.15, 0.2) is 0 Å². The van der Waals surface area contributed by atoms with Gasteiger partial charge in [-0.3, -0.25) is 9.59 Å². The van der Waals surface area contributed by atoms with Gasteiger partial charge in [0, 0.05) is 5.69 Å². The van der Waals surface area contributed by atoms with E-state index in [0.29, 0.717) is 40.6 Å². The van der Waals surface area contributed by atoms with Crippen molar-refractivity contribution in [3.8, 4) is 11.8 Å². The van der Waals surface area contributed by atoms with Crippen molar-refractivity contribution < 1.29 is 14.3 Å². The summed E-state index contributed by atoms with van der Waals surface area (Å²) in [5.74, 6) is -0.320. The molecule has 6 nitrogen and oxygen atoms in total. The van der Waals surface area contributed by atoms with Crippen molar-refractivity contribution >= 4 is 34.8 Å². The van der Waals surface area contributed by atoms with E-state index in [1.165, 1.54) is 7.11 Å². The summed E-state index contributed by atoms with van der Waals surface area (Å²) in [6, 6.07) is 13.5. The van der Waals surface area contributed by atoms with Gasteiger partial charge in [0.25, 0.3) is 0 Å². The van der Waals surface area contributed by atoms with E-state index in [1.54, 1.807) is 42.5 Å². The number of ether oxygens (including phenoxy) is 1. The number of carbonyl (C=O) groups is 2. The molecule has 3 rings (SSSR count). The van der Waals surface area contributed by atoms with E-state index in [9.17, 15) is 9.59 Å². The maximum Gasteiger partial charge on any atom is 0.240 e. The SMILES string of the molecule is COc1ccc(NC(=O)C2(C(=O)Nc3ccccc3C#N)CC2)cc1Cl. The molecule has 0 heterocycles. The third kappa shape index (κ3) is 3.35. The number of rotatable bonds is 5. The highest BCUT2D eigenvalue weighted by molar-refractivity contribution is 6.32. The Morgan fingerprint density at radius 1 is 1.15 bits per heavy atom. The van der Waals surface area contributed by atoms with Crippen LogP contribution in [0.5, 0.6) is 5.75 Å². The number of nitrogens with one attached hydrogen (secondary N) is 2. The first-order valence-corrected chi connectivity index (χ1v) is 8.33. The van der Waals surface area contributed by atoms with Crippen molar-refractivity contribution in [2.45, 2.75) is 12.8 Å². The van der Waals surface area contributed by atoms with Gasteiger partial charge in [0.05, 0.1) is 23.4 Å². The fourth-order valence-electron chi connectivity index (χ4n) is 2.61.